The van der Waals surface area contributed by atoms with Crippen LogP contribution in [0.5, 0.6) is 11.5 Å². The van der Waals surface area contributed by atoms with Gasteiger partial charge in [0.25, 0.3) is 0 Å². The van der Waals surface area contributed by atoms with Gasteiger partial charge in [0.15, 0.2) is 11.5 Å². The first-order chi connectivity index (χ1) is 16.4. The molecule has 1 heterocycles. The molecule has 0 bridgehead atoms. The van der Waals surface area contributed by atoms with Crippen LogP contribution in [-0.4, -0.2) is 29.2 Å². The first kappa shape index (κ1) is 24.0. The van der Waals surface area contributed by atoms with Crippen molar-refractivity contribution in [2.75, 3.05) is 7.11 Å². The minimum atomic E-state index is -0.904. The van der Waals surface area contributed by atoms with Crippen molar-refractivity contribution < 1.29 is 19.4 Å². The first-order valence-electron chi connectivity index (χ1n) is 10.7. The van der Waals surface area contributed by atoms with Gasteiger partial charge in [0.2, 0.25) is 0 Å². The summed E-state index contributed by atoms with van der Waals surface area (Å²) in [5, 5.41) is 14.9. The molecule has 0 amide bonds. The molecule has 0 aliphatic heterocycles. The third kappa shape index (κ3) is 5.65. The monoisotopic (exact) mass is 498 g/mol. The van der Waals surface area contributed by atoms with Gasteiger partial charge in [-0.05, 0) is 47.0 Å². The maximum atomic E-state index is 11.9. The Morgan fingerprint density at radius 2 is 1.82 bits per heavy atom. The lowest BCUT2D eigenvalue weighted by atomic mass is 10.0. The fourth-order valence-corrected chi connectivity index (χ4v) is 4.06. The molecule has 0 unspecified atom stereocenters. The van der Waals surface area contributed by atoms with Crippen molar-refractivity contribution in [3.63, 3.8) is 0 Å². The van der Waals surface area contributed by atoms with E-state index in [1.165, 1.54) is 0 Å². The smallest absolute Gasteiger partial charge is 0.321 e. The highest BCUT2D eigenvalue weighted by Crippen LogP contribution is 2.30. The number of para-hydroxylation sites is 1. The highest BCUT2D eigenvalue weighted by Gasteiger charge is 2.19. The van der Waals surface area contributed by atoms with Crippen LogP contribution in [0.1, 0.15) is 16.7 Å². The standard InChI is InChI=1S/C26H24Cl2N2O4/c1-33-25-11-16(7-9-24(25)34-15-17-6-8-20(27)21(28)10-17)13-29-23(26(31)32)12-18-14-30-22-5-3-2-4-19(18)22/h2-11,14,23,29-30H,12-13,15H2,1H3,(H,31,32)/t23-/m0/s1. The van der Waals surface area contributed by atoms with Crippen LogP contribution < -0.4 is 14.8 Å². The molecule has 4 aromatic rings. The number of carboxylic acid groups (broad SMARTS) is 1. The fraction of sp³-hybridized carbons (Fsp3) is 0.192. The van der Waals surface area contributed by atoms with Crippen molar-refractivity contribution in [3.8, 4) is 11.5 Å². The summed E-state index contributed by atoms with van der Waals surface area (Å²) < 4.78 is 11.4. The zero-order valence-corrected chi connectivity index (χ0v) is 20.0. The molecule has 0 saturated carbocycles. The van der Waals surface area contributed by atoms with Gasteiger partial charge in [-0.3, -0.25) is 4.79 Å². The van der Waals surface area contributed by atoms with Crippen LogP contribution in [0.2, 0.25) is 10.0 Å². The molecule has 8 heteroatoms. The van der Waals surface area contributed by atoms with Crippen molar-refractivity contribution >= 4 is 40.1 Å². The van der Waals surface area contributed by atoms with E-state index >= 15 is 0 Å². The van der Waals surface area contributed by atoms with Gasteiger partial charge >= 0.3 is 5.97 Å². The first-order valence-corrected chi connectivity index (χ1v) is 11.4. The average molecular weight is 499 g/mol. The minimum absolute atomic E-state index is 0.302. The van der Waals surface area contributed by atoms with E-state index in [1.54, 1.807) is 19.2 Å². The number of hydrogen-bond acceptors (Lipinski definition) is 4. The molecule has 176 valence electrons. The number of ether oxygens (including phenoxy) is 2. The Bertz CT molecular complexity index is 1310. The highest BCUT2D eigenvalue weighted by atomic mass is 35.5. The lowest BCUT2D eigenvalue weighted by Gasteiger charge is -2.16. The molecule has 0 radical (unpaired) electrons. The Kier molecular flexibility index (Phi) is 7.63. The normalized spacial score (nSPS) is 12.0. The molecule has 0 aliphatic carbocycles. The van der Waals surface area contributed by atoms with Crippen molar-refractivity contribution in [2.24, 2.45) is 0 Å². The van der Waals surface area contributed by atoms with Crippen molar-refractivity contribution in [1.29, 1.82) is 0 Å². The van der Waals surface area contributed by atoms with E-state index in [2.05, 4.69) is 10.3 Å². The van der Waals surface area contributed by atoms with E-state index in [1.807, 2.05) is 54.7 Å². The van der Waals surface area contributed by atoms with Crippen LogP contribution in [-0.2, 0) is 24.4 Å². The number of aliphatic carboxylic acids is 1. The van der Waals surface area contributed by atoms with Crippen molar-refractivity contribution in [2.45, 2.75) is 25.6 Å². The summed E-state index contributed by atoms with van der Waals surface area (Å²) in [6.45, 7) is 0.666. The van der Waals surface area contributed by atoms with Gasteiger partial charge < -0.3 is 24.9 Å². The number of fused-ring (bicyclic) bond motifs is 1. The average Bonchev–Trinajstić information content (AvgIpc) is 3.25. The molecule has 4 rings (SSSR count). The van der Waals surface area contributed by atoms with Gasteiger partial charge in [0.1, 0.15) is 12.6 Å². The molecule has 0 saturated heterocycles. The Labute approximate surface area is 207 Å². The third-order valence-corrected chi connectivity index (χ3v) is 6.30. The van der Waals surface area contributed by atoms with E-state index in [0.29, 0.717) is 41.1 Å². The number of halogens is 2. The lowest BCUT2D eigenvalue weighted by molar-refractivity contribution is -0.139. The third-order valence-electron chi connectivity index (χ3n) is 5.56. The fourth-order valence-electron chi connectivity index (χ4n) is 3.74. The number of rotatable bonds is 10. The van der Waals surface area contributed by atoms with Gasteiger partial charge in [-0.2, -0.15) is 0 Å². The zero-order chi connectivity index (χ0) is 24.1. The summed E-state index contributed by atoms with van der Waals surface area (Å²) in [5.74, 6) is 0.229. The van der Waals surface area contributed by atoms with Gasteiger partial charge in [-0.25, -0.2) is 0 Å². The second kappa shape index (κ2) is 10.8. The summed E-state index contributed by atoms with van der Waals surface area (Å²) in [7, 11) is 1.57. The quantitative estimate of drug-likeness (QED) is 0.255. The summed E-state index contributed by atoms with van der Waals surface area (Å²) in [4.78, 5) is 15.1. The number of methoxy groups -OCH3 is 1. The largest absolute Gasteiger partial charge is 0.493 e. The number of benzene rings is 3. The number of aromatic nitrogens is 1. The van der Waals surface area contributed by atoms with E-state index in [0.717, 1.165) is 27.6 Å². The molecule has 1 aromatic heterocycles. The lowest BCUT2D eigenvalue weighted by Crippen LogP contribution is -2.38. The number of carbonyl (C=O) groups is 1. The minimum Gasteiger partial charge on any atom is -0.493 e. The van der Waals surface area contributed by atoms with Crippen molar-refractivity contribution in [3.05, 3.63) is 93.6 Å². The van der Waals surface area contributed by atoms with E-state index < -0.39 is 12.0 Å². The molecule has 6 nitrogen and oxygen atoms in total. The van der Waals surface area contributed by atoms with Crippen molar-refractivity contribution in [1.82, 2.24) is 10.3 Å². The van der Waals surface area contributed by atoms with E-state index in [4.69, 9.17) is 32.7 Å². The number of nitrogens with one attached hydrogen (secondary N) is 2. The van der Waals surface area contributed by atoms with Crippen LogP contribution in [0.4, 0.5) is 0 Å². The molecule has 0 fully saturated rings. The van der Waals surface area contributed by atoms with E-state index in [-0.39, 0.29) is 0 Å². The topological polar surface area (TPSA) is 83.6 Å². The Balaban J connectivity index is 1.41. The summed E-state index contributed by atoms with van der Waals surface area (Å²) in [6.07, 6.45) is 2.23. The number of carboxylic acids is 1. The molecular weight excluding hydrogens is 475 g/mol. The predicted octanol–water partition coefficient (Wildman–Crippen LogP) is 5.85. The van der Waals surface area contributed by atoms with E-state index in [9.17, 15) is 9.90 Å². The molecular formula is C26H24Cl2N2O4. The van der Waals surface area contributed by atoms with Gasteiger partial charge in [0.05, 0.1) is 17.2 Å². The molecule has 0 aliphatic rings. The van der Waals surface area contributed by atoms with Gasteiger partial charge in [-0.1, -0.05) is 53.5 Å². The number of hydrogen-bond donors (Lipinski definition) is 3. The van der Waals surface area contributed by atoms with Crippen LogP contribution in [0, 0.1) is 0 Å². The highest BCUT2D eigenvalue weighted by molar-refractivity contribution is 6.42. The SMILES string of the molecule is COc1cc(CN[C@@H](Cc2c[nH]c3ccccc23)C(=O)O)ccc1OCc1ccc(Cl)c(Cl)c1. The zero-order valence-electron chi connectivity index (χ0n) is 18.5. The maximum Gasteiger partial charge on any atom is 0.321 e. The van der Waals surface area contributed by atoms with Gasteiger partial charge in [0, 0.05) is 30.1 Å². The molecule has 0 spiro atoms. The van der Waals surface area contributed by atoms with Crippen LogP contribution in [0.3, 0.4) is 0 Å². The predicted molar refractivity (Wildman–Crippen MR) is 134 cm³/mol. The van der Waals surface area contributed by atoms with Crippen LogP contribution in [0.15, 0.2) is 66.9 Å². The second-order valence-corrected chi connectivity index (χ2v) is 8.67. The summed E-state index contributed by atoms with van der Waals surface area (Å²) in [5.41, 5.74) is 3.70. The Morgan fingerprint density at radius 3 is 2.59 bits per heavy atom. The van der Waals surface area contributed by atoms with Crippen LogP contribution >= 0.6 is 23.2 Å². The molecule has 3 N–H and O–H groups in total. The van der Waals surface area contributed by atoms with Gasteiger partial charge in [-0.15, -0.1) is 0 Å². The number of aromatic amines is 1. The summed E-state index contributed by atoms with van der Waals surface area (Å²) in [6, 6.07) is 18.0. The maximum absolute atomic E-state index is 11.9. The summed E-state index contributed by atoms with van der Waals surface area (Å²) >= 11 is 12.0. The second-order valence-electron chi connectivity index (χ2n) is 7.86. The molecule has 34 heavy (non-hydrogen) atoms. The molecule has 3 aromatic carbocycles. The Morgan fingerprint density at radius 1 is 1.03 bits per heavy atom. The molecule has 1 atom stereocenters. The number of H-pyrrole nitrogens is 1. The Hall–Kier alpha value is -3.19. The van der Waals surface area contributed by atoms with Crippen LogP contribution in [0.25, 0.3) is 10.9 Å².